The summed E-state index contributed by atoms with van der Waals surface area (Å²) in [5, 5.41) is 3.40. The molecule has 1 aliphatic heterocycles. The lowest BCUT2D eigenvalue weighted by atomic mass is 9.98. The molecule has 1 fully saturated rings. The first-order valence-electron chi connectivity index (χ1n) is 8.93. The first-order valence-corrected chi connectivity index (χ1v) is 10.9. The van der Waals surface area contributed by atoms with Gasteiger partial charge in [0.05, 0.1) is 11.7 Å². The summed E-state index contributed by atoms with van der Waals surface area (Å²) >= 11 is 5.95. The molecule has 27 heavy (non-hydrogen) atoms. The van der Waals surface area contributed by atoms with Gasteiger partial charge < -0.3 is 5.32 Å². The first-order chi connectivity index (χ1) is 12.8. The van der Waals surface area contributed by atoms with Crippen LogP contribution in [0.1, 0.15) is 24.0 Å². The molecule has 3 rings (SSSR count). The average molecular weight is 407 g/mol. The second-order valence-corrected chi connectivity index (χ2v) is 9.34. The zero-order chi connectivity index (χ0) is 19.4. The maximum Gasteiger partial charge on any atom is 0.228 e. The van der Waals surface area contributed by atoms with Crippen LogP contribution < -0.4 is 5.32 Å². The van der Waals surface area contributed by atoms with E-state index in [9.17, 15) is 13.2 Å². The third-order valence-corrected chi connectivity index (χ3v) is 6.76. The fraction of sp³-hybridized carbons (Fsp3) is 0.350. The van der Waals surface area contributed by atoms with Crippen molar-refractivity contribution in [1.82, 2.24) is 4.31 Å². The fourth-order valence-electron chi connectivity index (χ4n) is 3.22. The van der Waals surface area contributed by atoms with Crippen molar-refractivity contribution in [3.05, 3.63) is 64.7 Å². The zero-order valence-electron chi connectivity index (χ0n) is 15.2. The van der Waals surface area contributed by atoms with Crippen LogP contribution in [0.15, 0.2) is 48.5 Å². The van der Waals surface area contributed by atoms with Crippen molar-refractivity contribution in [3.63, 3.8) is 0 Å². The lowest BCUT2D eigenvalue weighted by molar-refractivity contribution is -0.120. The SMILES string of the molecule is Cc1ccc(NC(=O)[C@H]2CCCN(S(=O)(=O)Cc3cccc(Cl)c3)C2)cc1. The largest absolute Gasteiger partial charge is 0.326 e. The molecule has 0 aliphatic carbocycles. The summed E-state index contributed by atoms with van der Waals surface area (Å²) in [5.74, 6) is -0.601. The van der Waals surface area contributed by atoms with Gasteiger partial charge in [-0.25, -0.2) is 12.7 Å². The van der Waals surface area contributed by atoms with Gasteiger partial charge in [0.1, 0.15) is 0 Å². The van der Waals surface area contributed by atoms with E-state index >= 15 is 0 Å². The van der Waals surface area contributed by atoms with E-state index in [1.807, 2.05) is 31.2 Å². The number of rotatable bonds is 5. The number of piperidine rings is 1. The molecule has 1 N–H and O–H groups in total. The molecule has 0 aromatic heterocycles. The van der Waals surface area contributed by atoms with Gasteiger partial charge in [0.25, 0.3) is 0 Å². The predicted octanol–water partition coefficient (Wildman–Crippen LogP) is 3.83. The summed E-state index contributed by atoms with van der Waals surface area (Å²) in [4.78, 5) is 12.6. The van der Waals surface area contributed by atoms with Crippen molar-refractivity contribution in [3.8, 4) is 0 Å². The van der Waals surface area contributed by atoms with Crippen LogP contribution in [-0.4, -0.2) is 31.7 Å². The Morgan fingerprint density at radius 1 is 1.22 bits per heavy atom. The van der Waals surface area contributed by atoms with Gasteiger partial charge in [-0.15, -0.1) is 0 Å². The maximum atomic E-state index is 12.8. The van der Waals surface area contributed by atoms with E-state index in [-0.39, 0.29) is 24.1 Å². The average Bonchev–Trinajstić information content (AvgIpc) is 2.63. The Kier molecular flexibility index (Phi) is 6.19. The molecule has 0 spiro atoms. The van der Waals surface area contributed by atoms with Crippen molar-refractivity contribution in [1.29, 1.82) is 0 Å². The molecule has 1 aliphatic rings. The highest BCUT2D eigenvalue weighted by Gasteiger charge is 2.32. The number of carbonyl (C=O) groups excluding carboxylic acids is 1. The highest BCUT2D eigenvalue weighted by molar-refractivity contribution is 7.88. The van der Waals surface area contributed by atoms with Crippen LogP contribution in [0.4, 0.5) is 5.69 Å². The molecule has 0 unspecified atom stereocenters. The number of carbonyl (C=O) groups is 1. The van der Waals surface area contributed by atoms with Gasteiger partial charge in [-0.3, -0.25) is 4.79 Å². The molecule has 0 bridgehead atoms. The third kappa shape index (κ3) is 5.31. The van der Waals surface area contributed by atoms with Crippen LogP contribution in [0.2, 0.25) is 5.02 Å². The molecular formula is C20H23ClN2O3S. The number of amides is 1. The molecular weight excluding hydrogens is 384 g/mol. The Bertz CT molecular complexity index is 913. The Hall–Kier alpha value is -1.89. The third-order valence-electron chi connectivity index (χ3n) is 4.71. The zero-order valence-corrected chi connectivity index (χ0v) is 16.8. The lowest BCUT2D eigenvalue weighted by Crippen LogP contribution is -2.44. The van der Waals surface area contributed by atoms with E-state index in [1.165, 1.54) is 4.31 Å². The van der Waals surface area contributed by atoms with Crippen molar-refractivity contribution >= 4 is 33.2 Å². The number of anilines is 1. The first kappa shape index (κ1) is 19.9. The summed E-state index contributed by atoms with van der Waals surface area (Å²) in [6.45, 7) is 2.63. The number of halogens is 1. The van der Waals surface area contributed by atoms with Crippen molar-refractivity contribution in [2.75, 3.05) is 18.4 Å². The van der Waals surface area contributed by atoms with Crippen LogP contribution in [-0.2, 0) is 20.6 Å². The topological polar surface area (TPSA) is 66.5 Å². The number of benzene rings is 2. The second kappa shape index (κ2) is 8.42. The molecule has 5 nitrogen and oxygen atoms in total. The van der Waals surface area contributed by atoms with Crippen LogP contribution in [0.25, 0.3) is 0 Å². The summed E-state index contributed by atoms with van der Waals surface area (Å²) in [7, 11) is -3.50. The Morgan fingerprint density at radius 3 is 2.67 bits per heavy atom. The quantitative estimate of drug-likeness (QED) is 0.820. The van der Waals surface area contributed by atoms with Crippen LogP contribution in [0.3, 0.4) is 0 Å². The maximum absolute atomic E-state index is 12.8. The predicted molar refractivity (Wildman–Crippen MR) is 108 cm³/mol. The second-order valence-electron chi connectivity index (χ2n) is 6.94. The number of nitrogens with zero attached hydrogens (tertiary/aromatic N) is 1. The Labute approximate surface area is 165 Å². The van der Waals surface area contributed by atoms with Crippen molar-refractivity contribution in [2.24, 2.45) is 5.92 Å². The monoisotopic (exact) mass is 406 g/mol. The molecule has 1 heterocycles. The van der Waals surface area contributed by atoms with Gasteiger partial charge in [0.2, 0.25) is 15.9 Å². The molecule has 0 radical (unpaired) electrons. The molecule has 2 aromatic rings. The number of sulfonamides is 1. The van der Waals surface area contributed by atoms with Crippen molar-refractivity contribution < 1.29 is 13.2 Å². The molecule has 1 amide bonds. The molecule has 1 atom stereocenters. The van der Waals surface area contributed by atoms with E-state index in [4.69, 9.17) is 11.6 Å². The van der Waals surface area contributed by atoms with Crippen molar-refractivity contribution in [2.45, 2.75) is 25.5 Å². The lowest BCUT2D eigenvalue weighted by Gasteiger charge is -2.31. The fourth-order valence-corrected chi connectivity index (χ4v) is 5.03. The molecule has 1 saturated heterocycles. The molecule has 7 heteroatoms. The van der Waals surface area contributed by atoms with Crippen LogP contribution >= 0.6 is 11.6 Å². The van der Waals surface area contributed by atoms with E-state index in [0.29, 0.717) is 30.0 Å². The summed E-state index contributed by atoms with van der Waals surface area (Å²) in [6, 6.07) is 14.4. The van der Waals surface area contributed by atoms with E-state index < -0.39 is 10.0 Å². The van der Waals surface area contributed by atoms with E-state index in [2.05, 4.69) is 5.32 Å². The molecule has 2 aromatic carbocycles. The van der Waals surface area contributed by atoms with Gasteiger partial charge in [-0.1, -0.05) is 41.4 Å². The number of hydrogen-bond donors (Lipinski definition) is 1. The van der Waals surface area contributed by atoms with E-state index in [0.717, 1.165) is 11.3 Å². The van der Waals surface area contributed by atoms with Gasteiger partial charge in [0, 0.05) is 23.8 Å². The normalized spacial score (nSPS) is 18.2. The Morgan fingerprint density at radius 2 is 1.96 bits per heavy atom. The van der Waals surface area contributed by atoms with E-state index in [1.54, 1.807) is 24.3 Å². The Balaban J connectivity index is 1.65. The molecule has 0 saturated carbocycles. The summed E-state index contributed by atoms with van der Waals surface area (Å²) < 4.78 is 27.0. The minimum absolute atomic E-state index is 0.111. The van der Waals surface area contributed by atoms with Gasteiger partial charge in [0.15, 0.2) is 0 Å². The smallest absolute Gasteiger partial charge is 0.228 e. The minimum Gasteiger partial charge on any atom is -0.326 e. The molecule has 144 valence electrons. The number of aryl methyl sites for hydroxylation is 1. The minimum atomic E-state index is -3.50. The van der Waals surface area contributed by atoms with Gasteiger partial charge in [-0.05, 0) is 49.6 Å². The van der Waals surface area contributed by atoms with Crippen LogP contribution in [0.5, 0.6) is 0 Å². The van der Waals surface area contributed by atoms with Gasteiger partial charge >= 0.3 is 0 Å². The highest BCUT2D eigenvalue weighted by Crippen LogP contribution is 2.23. The van der Waals surface area contributed by atoms with Gasteiger partial charge in [-0.2, -0.15) is 0 Å². The standard InChI is InChI=1S/C20H23ClN2O3S/c1-15-7-9-19(10-8-15)22-20(24)17-5-3-11-23(13-17)27(25,26)14-16-4-2-6-18(21)12-16/h2,4,6-10,12,17H,3,5,11,13-14H2,1H3,(H,22,24)/t17-/m0/s1. The summed E-state index contributed by atoms with van der Waals surface area (Å²) in [6.07, 6.45) is 1.35. The number of nitrogens with one attached hydrogen (secondary N) is 1. The summed E-state index contributed by atoms with van der Waals surface area (Å²) in [5.41, 5.74) is 2.49. The number of hydrogen-bond acceptors (Lipinski definition) is 3. The van der Waals surface area contributed by atoms with Crippen LogP contribution in [0, 0.1) is 12.8 Å². The highest BCUT2D eigenvalue weighted by atomic mass is 35.5.